The van der Waals surface area contributed by atoms with Crippen LogP contribution < -0.4 is 32.3 Å². The van der Waals surface area contributed by atoms with Crippen LogP contribution in [0.1, 0.15) is 108 Å². The first-order chi connectivity index (χ1) is 39.2. The number of aromatic amines is 2. The predicted molar refractivity (Wildman–Crippen MR) is 314 cm³/mol. The predicted octanol–water partition coefficient (Wildman–Crippen LogP) is 13.6. The minimum absolute atomic E-state index is 0.0127. The van der Waals surface area contributed by atoms with Crippen LogP contribution in [0, 0.1) is 0 Å². The fourth-order valence-electron chi connectivity index (χ4n) is 9.35. The minimum atomic E-state index is -4.64. The fourth-order valence-corrected chi connectivity index (χ4v) is 9.74. The van der Waals surface area contributed by atoms with Crippen LogP contribution in [0.25, 0.3) is 44.3 Å². The molecule has 0 unspecified atom stereocenters. The molecule has 0 aliphatic heterocycles. The second kappa shape index (κ2) is 27.8. The van der Waals surface area contributed by atoms with Crippen molar-refractivity contribution in [2.45, 2.75) is 122 Å². The topological polar surface area (TPSA) is 247 Å². The Balaban J connectivity index is 0.000000208. The number of aldehydes is 1. The van der Waals surface area contributed by atoms with E-state index in [0.717, 1.165) is 84.3 Å². The Kier molecular flexibility index (Phi) is 20.2. The van der Waals surface area contributed by atoms with E-state index in [1.54, 1.807) is 88.6 Å². The lowest BCUT2D eigenvalue weighted by molar-refractivity contribution is -0.156. The Morgan fingerprint density at radius 3 is 1.51 bits per heavy atom. The summed E-state index contributed by atoms with van der Waals surface area (Å²) in [5.41, 5.74) is 12.7. The summed E-state index contributed by atoms with van der Waals surface area (Å²) >= 11 is 12.9. The number of fused-ring (bicyclic) bond motifs is 2. The molecule has 17 nitrogen and oxygen atoms in total. The number of halogens is 5. The van der Waals surface area contributed by atoms with E-state index in [1.165, 1.54) is 0 Å². The van der Waals surface area contributed by atoms with Crippen LogP contribution in [0.15, 0.2) is 122 Å². The zero-order chi connectivity index (χ0) is 59.0. The molecule has 2 aliphatic rings. The normalized spacial score (nSPS) is 17.0. The number of nitrogens with zero attached hydrogens (tertiary/aromatic N) is 4. The van der Waals surface area contributed by atoms with Crippen LogP contribution in [0.2, 0.25) is 10.0 Å². The summed E-state index contributed by atoms with van der Waals surface area (Å²) in [6.45, 7) is 7.70. The molecule has 9 N–H and O–H groups in total. The highest BCUT2D eigenvalue weighted by molar-refractivity contribution is 6.33. The van der Waals surface area contributed by atoms with Gasteiger partial charge in [-0.2, -0.15) is 13.2 Å². The van der Waals surface area contributed by atoms with Gasteiger partial charge in [0.05, 0.1) is 33.8 Å². The lowest BCUT2D eigenvalue weighted by Crippen LogP contribution is -2.42. The van der Waals surface area contributed by atoms with Gasteiger partial charge in [0.1, 0.15) is 5.60 Å². The number of H-pyrrole nitrogens is 2. The number of rotatable bonds is 11. The summed E-state index contributed by atoms with van der Waals surface area (Å²) in [7, 11) is 0. The number of ether oxygens (including phenoxy) is 1. The summed E-state index contributed by atoms with van der Waals surface area (Å²) in [6, 6.07) is 30.2. The van der Waals surface area contributed by atoms with Crippen LogP contribution in [0.4, 0.5) is 41.2 Å². The van der Waals surface area contributed by atoms with Gasteiger partial charge in [0.2, 0.25) is 18.2 Å². The van der Waals surface area contributed by atoms with E-state index in [9.17, 15) is 27.6 Å². The maximum atomic E-state index is 12.9. The molecule has 3 amide bonds. The highest BCUT2D eigenvalue weighted by atomic mass is 35.5. The SMILES string of the molecule is CC(C)(C)OC(=O)Nc1ccc(C(=O)N[C@H]2CCC[C@@H](Nc3ncc(Cl)c(-c4c[nH]c5ccccc45)n3)C2)cc1.Nc1ccc(C(=O)N[C@H]2CCC[C@@H](Nc3ncc(Cl)c(-c4c[nH]c5ccccc45)n3)C2)cc1.O=CC(F)(F)F.[2H]CC. The maximum absolute atomic E-state index is 12.9. The molecule has 2 saturated carbocycles. The third-order valence-corrected chi connectivity index (χ3v) is 13.5. The van der Waals surface area contributed by atoms with Crippen molar-refractivity contribution in [2.75, 3.05) is 21.7 Å². The van der Waals surface area contributed by atoms with Crippen molar-refractivity contribution in [3.05, 3.63) is 143 Å². The summed E-state index contributed by atoms with van der Waals surface area (Å²) in [5, 5.41) is 19.0. The number of para-hydroxylation sites is 2. The Morgan fingerprint density at radius 2 is 1.09 bits per heavy atom. The lowest BCUT2D eigenvalue weighted by atomic mass is 9.91. The number of alkyl halides is 3. The molecule has 10 rings (SSSR count). The molecule has 2 aliphatic carbocycles. The van der Waals surface area contributed by atoms with Crippen molar-refractivity contribution >= 4 is 92.5 Å². The molecule has 2 fully saturated rings. The van der Waals surface area contributed by atoms with Crippen LogP contribution in [-0.2, 0) is 9.53 Å². The average Bonchev–Trinajstić information content (AvgIpc) is 4.28. The van der Waals surface area contributed by atoms with Gasteiger partial charge in [-0.1, -0.05) is 73.4 Å². The third-order valence-electron chi connectivity index (χ3n) is 13.0. The number of hydrogen-bond acceptors (Lipinski definition) is 12. The van der Waals surface area contributed by atoms with Gasteiger partial charge in [-0.15, -0.1) is 0 Å². The Morgan fingerprint density at radius 1 is 0.679 bits per heavy atom. The molecule has 22 heteroatoms. The summed E-state index contributed by atoms with van der Waals surface area (Å²) < 4.78 is 42.7. The number of carbonyl (C=O) groups is 4. The van der Waals surface area contributed by atoms with Gasteiger partial charge in [-0.05, 0) is 133 Å². The molecular formula is C59H65Cl2F3N12O5. The van der Waals surface area contributed by atoms with E-state index in [0.29, 0.717) is 62.7 Å². The Hall–Kier alpha value is -8.23. The number of nitrogens with one attached hydrogen (secondary N) is 7. The molecule has 0 radical (unpaired) electrons. The van der Waals surface area contributed by atoms with E-state index in [4.69, 9.17) is 49.8 Å². The zero-order valence-corrected chi connectivity index (χ0v) is 46.6. The summed E-state index contributed by atoms with van der Waals surface area (Å²) in [6.07, 6.45) is 8.15. The first-order valence-corrected chi connectivity index (χ1v) is 27.0. The van der Waals surface area contributed by atoms with Gasteiger partial charge >= 0.3 is 12.3 Å². The molecular weight excluding hydrogens is 1080 g/mol. The number of amides is 3. The van der Waals surface area contributed by atoms with Gasteiger partial charge in [0.25, 0.3) is 11.8 Å². The smallest absolute Gasteiger partial charge is 0.444 e. The molecule has 0 spiro atoms. The van der Waals surface area contributed by atoms with E-state index < -0.39 is 24.2 Å². The van der Waals surface area contributed by atoms with Crippen molar-refractivity contribution in [2.24, 2.45) is 0 Å². The standard InChI is InChI=1S/C30H33ClN6O3.C25H25ClN6O.C2HF3O.C2H6/c1-30(2,3)40-29(39)36-19-13-11-18(12-14-19)27(38)34-20-7-6-8-21(15-20)35-28-33-17-24(31)26(37-28)23-16-32-25-10-5-4-9-22(23)25;26-21-14-29-25(32-23(21)20-13-28-22-7-2-1-6-19(20)22)31-18-5-3-4-17(12-18)30-24(33)15-8-10-16(27)11-9-15;3-2(4,5)1-6;1-2/h4-5,9-14,16-17,20-21,32H,6-8,15H2,1-3H3,(H,34,38)(H,36,39)(H,33,35,37);1-2,6-11,13-14,17-18,28H,3-5,12,27H2,(H,30,33)(H,29,31,32);1H;1-2H3/t20-,21+;17-,18+;;/m00../s1/i;;;1D. The van der Waals surface area contributed by atoms with E-state index >= 15 is 0 Å². The number of benzene rings is 4. The summed E-state index contributed by atoms with van der Waals surface area (Å²) in [5.74, 6) is 0.814. The lowest BCUT2D eigenvalue weighted by Gasteiger charge is -2.30. The van der Waals surface area contributed by atoms with Gasteiger partial charge < -0.3 is 41.7 Å². The molecule has 4 heterocycles. The van der Waals surface area contributed by atoms with Crippen molar-refractivity contribution < 1.29 is 38.5 Å². The molecule has 81 heavy (non-hydrogen) atoms. The van der Waals surface area contributed by atoms with Crippen molar-refractivity contribution in [1.82, 2.24) is 40.5 Å². The zero-order valence-electron chi connectivity index (χ0n) is 46.1. The number of hydrogen-bond donors (Lipinski definition) is 8. The van der Waals surface area contributed by atoms with Crippen LogP contribution >= 0.6 is 23.2 Å². The van der Waals surface area contributed by atoms with Crippen LogP contribution in [0.3, 0.4) is 0 Å². The quantitative estimate of drug-likeness (QED) is 0.0445. The molecule has 8 aromatic rings. The molecule has 4 atom stereocenters. The number of carbonyl (C=O) groups excluding carboxylic acids is 4. The Bertz CT molecular complexity index is 3430. The average molecular weight is 1150 g/mol. The van der Waals surface area contributed by atoms with Gasteiger partial charge in [-0.3, -0.25) is 19.7 Å². The van der Waals surface area contributed by atoms with Gasteiger partial charge in [-0.25, -0.2) is 24.7 Å². The highest BCUT2D eigenvalue weighted by Gasteiger charge is 2.28. The monoisotopic (exact) mass is 1150 g/mol. The minimum Gasteiger partial charge on any atom is -0.444 e. The number of nitrogen functional groups attached to an aromatic ring is 1. The molecule has 4 aromatic carbocycles. The van der Waals surface area contributed by atoms with Crippen molar-refractivity contribution in [3.8, 4) is 22.5 Å². The largest absolute Gasteiger partial charge is 0.446 e. The number of nitrogens with two attached hydrogens (primary N) is 1. The fraction of sp³-hybridized carbons (Fsp3) is 0.322. The first-order valence-electron chi connectivity index (χ1n) is 27.0. The van der Waals surface area contributed by atoms with E-state index in [1.807, 2.05) is 60.9 Å². The molecule has 4 aromatic heterocycles. The van der Waals surface area contributed by atoms with E-state index in [-0.39, 0.29) is 36.0 Å². The maximum Gasteiger partial charge on any atom is 0.446 e. The molecule has 0 saturated heterocycles. The number of anilines is 4. The number of aromatic nitrogens is 6. The van der Waals surface area contributed by atoms with E-state index in [2.05, 4.69) is 46.5 Å². The van der Waals surface area contributed by atoms with Gasteiger partial charge in [0.15, 0.2) is 0 Å². The second-order valence-corrected chi connectivity index (χ2v) is 20.9. The summed E-state index contributed by atoms with van der Waals surface area (Å²) in [4.78, 5) is 71.0. The highest BCUT2D eigenvalue weighted by Crippen LogP contribution is 2.35. The molecule has 426 valence electrons. The first kappa shape index (κ1) is 58.9. The Labute approximate surface area is 478 Å². The van der Waals surface area contributed by atoms with Crippen LogP contribution in [-0.4, -0.2) is 90.0 Å². The third kappa shape index (κ3) is 17.4. The molecule has 0 bridgehead atoms. The van der Waals surface area contributed by atoms with Crippen molar-refractivity contribution in [3.63, 3.8) is 0 Å². The van der Waals surface area contributed by atoms with Crippen LogP contribution in [0.5, 0.6) is 0 Å². The van der Waals surface area contributed by atoms with Gasteiger partial charge in [0, 0.05) is 93.4 Å². The second-order valence-electron chi connectivity index (χ2n) is 20.1. The van der Waals surface area contributed by atoms with Crippen molar-refractivity contribution in [1.29, 1.82) is 0 Å².